The second-order valence-electron chi connectivity index (χ2n) is 3.05. The molecule has 0 saturated heterocycles. The van der Waals surface area contributed by atoms with Crippen LogP contribution in [0.25, 0.3) is 0 Å². The second-order valence-corrected chi connectivity index (χ2v) is 3.05. The number of hydrogen-bond donors (Lipinski definition) is 1. The van der Waals surface area contributed by atoms with Crippen LogP contribution in [0.3, 0.4) is 0 Å². The molecule has 0 heterocycles. The molecule has 0 atom stereocenters. The maximum absolute atomic E-state index is 11.1. The van der Waals surface area contributed by atoms with Crippen molar-refractivity contribution in [3.63, 3.8) is 0 Å². The Hall–Kier alpha value is -0.280. The third-order valence-corrected chi connectivity index (χ3v) is 2.21. The summed E-state index contributed by atoms with van der Waals surface area (Å²) in [6.07, 6.45) is 1.94. The van der Waals surface area contributed by atoms with Crippen LogP contribution in [-0.2, 0) is 9.53 Å². The van der Waals surface area contributed by atoms with Crippen LogP contribution in [0.15, 0.2) is 0 Å². The molecule has 4 heteroatoms. The number of carbonyl (C=O) groups excluding carboxylic acids is 1. The van der Waals surface area contributed by atoms with Crippen molar-refractivity contribution in [1.29, 1.82) is 0 Å². The van der Waals surface area contributed by atoms with Crippen LogP contribution < -0.4 is 5.73 Å². The number of esters is 1. The largest absolute Gasteiger partial charge is 0.466 e. The van der Waals surface area contributed by atoms with E-state index in [4.69, 9.17) is 10.5 Å². The van der Waals surface area contributed by atoms with Crippen molar-refractivity contribution in [1.82, 2.24) is 0 Å². The fourth-order valence-corrected chi connectivity index (χ4v) is 0.999. The molecule has 0 rings (SSSR count). The SMILES string of the molecule is CCOC(=O)CC(N)(CC)CC.Cl. The van der Waals surface area contributed by atoms with Crippen LogP contribution in [0.4, 0.5) is 0 Å². The van der Waals surface area contributed by atoms with Gasteiger partial charge in [0.25, 0.3) is 0 Å². The van der Waals surface area contributed by atoms with Crippen LogP contribution in [0.2, 0.25) is 0 Å². The van der Waals surface area contributed by atoms with E-state index in [1.165, 1.54) is 0 Å². The summed E-state index contributed by atoms with van der Waals surface area (Å²) in [5.41, 5.74) is 5.56. The van der Waals surface area contributed by atoms with Gasteiger partial charge in [0.1, 0.15) is 0 Å². The molecule has 0 radical (unpaired) electrons. The highest BCUT2D eigenvalue weighted by Gasteiger charge is 2.24. The van der Waals surface area contributed by atoms with Crippen LogP contribution >= 0.6 is 12.4 Å². The third-order valence-electron chi connectivity index (χ3n) is 2.21. The quantitative estimate of drug-likeness (QED) is 0.704. The maximum Gasteiger partial charge on any atom is 0.307 e. The number of carbonyl (C=O) groups is 1. The molecule has 0 aliphatic heterocycles. The van der Waals surface area contributed by atoms with Crippen LogP contribution in [0, 0.1) is 0 Å². The molecule has 0 aromatic heterocycles. The summed E-state index contributed by atoms with van der Waals surface area (Å²) < 4.78 is 4.82. The van der Waals surface area contributed by atoms with E-state index in [9.17, 15) is 4.79 Å². The molecule has 2 N–H and O–H groups in total. The van der Waals surface area contributed by atoms with E-state index >= 15 is 0 Å². The lowest BCUT2D eigenvalue weighted by Gasteiger charge is -2.24. The molecule has 0 aliphatic rings. The van der Waals surface area contributed by atoms with Crippen LogP contribution in [0.1, 0.15) is 40.0 Å². The summed E-state index contributed by atoms with van der Waals surface area (Å²) in [4.78, 5) is 11.1. The monoisotopic (exact) mass is 209 g/mol. The van der Waals surface area contributed by atoms with E-state index < -0.39 is 0 Å². The first-order valence-electron chi connectivity index (χ1n) is 4.52. The number of rotatable bonds is 5. The Morgan fingerprint density at radius 3 is 2.08 bits per heavy atom. The van der Waals surface area contributed by atoms with E-state index in [1.54, 1.807) is 6.92 Å². The van der Waals surface area contributed by atoms with Gasteiger partial charge in [0.15, 0.2) is 0 Å². The second kappa shape index (κ2) is 7.15. The van der Waals surface area contributed by atoms with Crippen molar-refractivity contribution >= 4 is 18.4 Å². The molecule has 0 spiro atoms. The minimum absolute atomic E-state index is 0. The van der Waals surface area contributed by atoms with Gasteiger partial charge in [0.2, 0.25) is 0 Å². The first-order chi connectivity index (χ1) is 5.58. The molecule has 0 aromatic rings. The van der Waals surface area contributed by atoms with Crippen molar-refractivity contribution in [2.75, 3.05) is 6.61 Å². The highest BCUT2D eigenvalue weighted by atomic mass is 35.5. The van der Waals surface area contributed by atoms with Gasteiger partial charge in [-0.2, -0.15) is 0 Å². The first-order valence-corrected chi connectivity index (χ1v) is 4.52. The average Bonchev–Trinajstić information content (AvgIpc) is 2.05. The number of nitrogens with two attached hydrogens (primary N) is 1. The number of hydrogen-bond acceptors (Lipinski definition) is 3. The Morgan fingerprint density at radius 2 is 1.77 bits per heavy atom. The van der Waals surface area contributed by atoms with E-state index in [0.29, 0.717) is 13.0 Å². The Bertz CT molecular complexity index is 147. The molecule has 80 valence electrons. The summed E-state index contributed by atoms with van der Waals surface area (Å²) in [7, 11) is 0. The van der Waals surface area contributed by atoms with Gasteiger partial charge in [-0.1, -0.05) is 13.8 Å². The predicted molar refractivity (Wildman–Crippen MR) is 56.0 cm³/mol. The van der Waals surface area contributed by atoms with Crippen molar-refractivity contribution in [3.8, 4) is 0 Å². The lowest BCUT2D eigenvalue weighted by atomic mass is 9.90. The fourth-order valence-electron chi connectivity index (χ4n) is 0.999. The summed E-state index contributed by atoms with van der Waals surface area (Å²) in [5, 5.41) is 0. The lowest BCUT2D eigenvalue weighted by molar-refractivity contribution is -0.144. The zero-order valence-electron chi connectivity index (χ0n) is 8.63. The van der Waals surface area contributed by atoms with Crippen molar-refractivity contribution in [2.45, 2.75) is 45.6 Å². The maximum atomic E-state index is 11.1. The Morgan fingerprint density at radius 1 is 1.31 bits per heavy atom. The zero-order valence-corrected chi connectivity index (χ0v) is 9.45. The van der Waals surface area contributed by atoms with Crippen molar-refractivity contribution < 1.29 is 9.53 Å². The van der Waals surface area contributed by atoms with Gasteiger partial charge < -0.3 is 10.5 Å². The van der Waals surface area contributed by atoms with Crippen LogP contribution in [-0.4, -0.2) is 18.1 Å². The van der Waals surface area contributed by atoms with Gasteiger partial charge in [-0.05, 0) is 19.8 Å². The molecular formula is C9H20ClNO2. The smallest absolute Gasteiger partial charge is 0.307 e. The highest BCUT2D eigenvalue weighted by Crippen LogP contribution is 2.16. The number of halogens is 1. The van der Waals surface area contributed by atoms with Gasteiger partial charge >= 0.3 is 5.97 Å². The van der Waals surface area contributed by atoms with Gasteiger partial charge in [0.05, 0.1) is 13.0 Å². The molecule has 0 amide bonds. The Balaban J connectivity index is 0. The topological polar surface area (TPSA) is 52.3 Å². The zero-order chi connectivity index (χ0) is 9.61. The van der Waals surface area contributed by atoms with Gasteiger partial charge in [-0.3, -0.25) is 4.79 Å². The van der Waals surface area contributed by atoms with E-state index in [-0.39, 0.29) is 23.9 Å². The molecule has 0 aliphatic carbocycles. The van der Waals surface area contributed by atoms with Crippen molar-refractivity contribution in [3.05, 3.63) is 0 Å². The van der Waals surface area contributed by atoms with E-state index in [1.807, 2.05) is 13.8 Å². The summed E-state index contributed by atoms with van der Waals surface area (Å²) in [6, 6.07) is 0. The van der Waals surface area contributed by atoms with Gasteiger partial charge in [-0.25, -0.2) is 0 Å². The minimum atomic E-state index is -0.369. The molecule has 0 aromatic carbocycles. The Kier molecular flexibility index (Phi) is 8.37. The van der Waals surface area contributed by atoms with E-state index in [0.717, 1.165) is 12.8 Å². The number of ether oxygens (including phenoxy) is 1. The summed E-state index contributed by atoms with van der Waals surface area (Å²) in [5.74, 6) is -0.191. The highest BCUT2D eigenvalue weighted by molar-refractivity contribution is 5.85. The average molecular weight is 210 g/mol. The molecule has 0 bridgehead atoms. The lowest BCUT2D eigenvalue weighted by Crippen LogP contribution is -2.40. The first kappa shape index (κ1) is 15.2. The molecule has 0 saturated carbocycles. The van der Waals surface area contributed by atoms with E-state index in [2.05, 4.69) is 0 Å². The van der Waals surface area contributed by atoms with Gasteiger partial charge in [0, 0.05) is 5.54 Å². The molecule has 13 heavy (non-hydrogen) atoms. The standard InChI is InChI=1S/C9H19NO2.ClH/c1-4-9(10,5-2)7-8(11)12-6-3;/h4-7,10H2,1-3H3;1H. The predicted octanol–water partition coefficient (Wildman–Crippen LogP) is 1.88. The summed E-state index contributed by atoms with van der Waals surface area (Å²) >= 11 is 0. The summed E-state index contributed by atoms with van der Waals surface area (Å²) in [6.45, 7) is 6.21. The minimum Gasteiger partial charge on any atom is -0.466 e. The molecular weight excluding hydrogens is 190 g/mol. The van der Waals surface area contributed by atoms with Gasteiger partial charge in [-0.15, -0.1) is 12.4 Å². The van der Waals surface area contributed by atoms with Crippen LogP contribution in [0.5, 0.6) is 0 Å². The fraction of sp³-hybridized carbons (Fsp3) is 0.889. The Labute approximate surface area is 86.4 Å². The molecule has 3 nitrogen and oxygen atoms in total. The van der Waals surface area contributed by atoms with Crippen molar-refractivity contribution in [2.24, 2.45) is 5.73 Å². The molecule has 0 unspecified atom stereocenters. The molecule has 0 fully saturated rings. The normalized spacial score (nSPS) is 10.5. The third kappa shape index (κ3) is 5.88.